The van der Waals surface area contributed by atoms with Crippen LogP contribution in [0.2, 0.25) is 0 Å². The zero-order valence-corrected chi connectivity index (χ0v) is 21.9. The number of ether oxygens (including phenoxy) is 6. The Morgan fingerprint density at radius 3 is 1.36 bits per heavy atom. The number of nitrogens with one attached hydrogen (secondary N) is 1. The molecular formula is C22H43NO16. The molecule has 3 heterocycles. The van der Waals surface area contributed by atoms with E-state index in [9.17, 15) is 51.1 Å². The van der Waals surface area contributed by atoms with Gasteiger partial charge in [0.2, 0.25) is 0 Å². The van der Waals surface area contributed by atoms with Crippen LogP contribution in [0.1, 0.15) is 13.8 Å². The molecule has 0 aliphatic carbocycles. The summed E-state index contributed by atoms with van der Waals surface area (Å²) in [4.78, 5) is 0. The molecule has 0 aromatic rings. The Kier molecular flexibility index (Phi) is 14.2. The Hall–Kier alpha value is -0.680. The van der Waals surface area contributed by atoms with E-state index in [0.29, 0.717) is 0 Å². The topological polar surface area (TPSA) is 270 Å². The molecule has 0 bridgehead atoms. The molecule has 0 aromatic carbocycles. The first kappa shape index (κ1) is 34.5. The molecule has 232 valence electrons. The van der Waals surface area contributed by atoms with E-state index in [1.807, 2.05) is 13.8 Å². The molecule has 3 rings (SSSR count). The molecule has 3 aliphatic heterocycles. The van der Waals surface area contributed by atoms with E-state index < -0.39 is 112 Å². The molecule has 0 amide bonds. The summed E-state index contributed by atoms with van der Waals surface area (Å²) >= 11 is 0. The lowest BCUT2D eigenvalue weighted by molar-refractivity contribution is -0.381. The van der Waals surface area contributed by atoms with E-state index >= 15 is 0 Å². The van der Waals surface area contributed by atoms with Crippen molar-refractivity contribution in [2.24, 2.45) is 0 Å². The maximum Gasteiger partial charge on any atom is 0.188 e. The van der Waals surface area contributed by atoms with Gasteiger partial charge in [-0.25, -0.2) is 0 Å². The summed E-state index contributed by atoms with van der Waals surface area (Å²) in [6, 6.07) is 0. The number of aliphatic hydroxyl groups is 10. The molecule has 0 aromatic heterocycles. The highest BCUT2D eigenvalue weighted by molar-refractivity contribution is 4.96. The SMILES string of the molecule is CC.CNCOC1OC(CO)C(O)C(OC2OC(CO)C(O)C(OC3OC(CO)C(O)C(O)C3O)C2O)C1O. The predicted octanol–water partition coefficient (Wildman–Crippen LogP) is -6.35. The summed E-state index contributed by atoms with van der Waals surface area (Å²) in [7, 11) is 1.56. The van der Waals surface area contributed by atoms with Gasteiger partial charge in [-0.1, -0.05) is 13.8 Å². The standard InChI is InChI=1S/C20H37NO16.C2H6/c1-21-5-32-18-14(30)16(10(26)7(3-23)33-18)37-20-15(31)17(11(27)8(4-24)35-20)36-19-13(29)12(28)9(25)6(2-22)34-19;1-2/h6-31H,2-5H2,1H3;1-2H3. The Bertz CT molecular complexity index is 692. The number of rotatable bonds is 10. The van der Waals surface area contributed by atoms with Crippen molar-refractivity contribution in [3.8, 4) is 0 Å². The monoisotopic (exact) mass is 577 g/mol. The lowest BCUT2D eigenvalue weighted by atomic mass is 9.96. The van der Waals surface area contributed by atoms with Crippen LogP contribution >= 0.6 is 0 Å². The minimum absolute atomic E-state index is 0.0704. The Morgan fingerprint density at radius 1 is 0.538 bits per heavy atom. The number of hydrogen-bond acceptors (Lipinski definition) is 17. The first-order chi connectivity index (χ1) is 18.6. The number of hydrogen-bond donors (Lipinski definition) is 11. The van der Waals surface area contributed by atoms with E-state index in [1.54, 1.807) is 7.05 Å². The van der Waals surface area contributed by atoms with Gasteiger partial charge in [0.15, 0.2) is 18.9 Å². The van der Waals surface area contributed by atoms with Crippen molar-refractivity contribution in [2.75, 3.05) is 33.6 Å². The predicted molar refractivity (Wildman–Crippen MR) is 125 cm³/mol. The molecule has 3 saturated heterocycles. The van der Waals surface area contributed by atoms with Crippen molar-refractivity contribution >= 4 is 0 Å². The second-order valence-corrected chi connectivity index (χ2v) is 8.98. The first-order valence-corrected chi connectivity index (χ1v) is 12.7. The van der Waals surface area contributed by atoms with Crippen molar-refractivity contribution in [1.82, 2.24) is 5.32 Å². The van der Waals surface area contributed by atoms with E-state index in [2.05, 4.69) is 5.32 Å². The highest BCUT2D eigenvalue weighted by atomic mass is 16.8. The number of aliphatic hydroxyl groups excluding tert-OH is 10. The molecule has 15 atom stereocenters. The summed E-state index contributed by atoms with van der Waals surface area (Å²) in [5.41, 5.74) is 0. The van der Waals surface area contributed by atoms with E-state index in [0.717, 1.165) is 0 Å². The molecule has 17 nitrogen and oxygen atoms in total. The van der Waals surface area contributed by atoms with E-state index in [1.165, 1.54) is 0 Å². The van der Waals surface area contributed by atoms with Crippen molar-refractivity contribution < 1.29 is 79.5 Å². The Labute approximate surface area is 225 Å². The molecular weight excluding hydrogens is 534 g/mol. The van der Waals surface area contributed by atoms with Gasteiger partial charge in [0.1, 0.15) is 73.2 Å². The lowest BCUT2D eigenvalue weighted by Crippen LogP contribution is -2.67. The smallest absolute Gasteiger partial charge is 0.188 e. The van der Waals surface area contributed by atoms with Gasteiger partial charge in [0, 0.05) is 0 Å². The third kappa shape index (κ3) is 7.79. The van der Waals surface area contributed by atoms with Crippen LogP contribution in [0.5, 0.6) is 0 Å². The van der Waals surface area contributed by atoms with Crippen LogP contribution in [0, 0.1) is 0 Å². The molecule has 17 heteroatoms. The molecule has 15 unspecified atom stereocenters. The molecule has 39 heavy (non-hydrogen) atoms. The van der Waals surface area contributed by atoms with Crippen LogP contribution in [0.25, 0.3) is 0 Å². The average molecular weight is 578 g/mol. The summed E-state index contributed by atoms with van der Waals surface area (Å²) in [5.74, 6) is 0. The van der Waals surface area contributed by atoms with Gasteiger partial charge < -0.3 is 79.5 Å². The maximum absolute atomic E-state index is 10.9. The average Bonchev–Trinajstić information content (AvgIpc) is 2.94. The molecule has 0 spiro atoms. The summed E-state index contributed by atoms with van der Waals surface area (Å²) in [6.07, 6.45) is -24.4. The lowest BCUT2D eigenvalue weighted by Gasteiger charge is -2.48. The van der Waals surface area contributed by atoms with Crippen molar-refractivity contribution in [1.29, 1.82) is 0 Å². The van der Waals surface area contributed by atoms with Crippen LogP contribution in [0.3, 0.4) is 0 Å². The second-order valence-electron chi connectivity index (χ2n) is 8.98. The molecule has 11 N–H and O–H groups in total. The van der Waals surface area contributed by atoms with Gasteiger partial charge in [0.05, 0.1) is 26.6 Å². The van der Waals surface area contributed by atoms with Gasteiger partial charge in [0.25, 0.3) is 0 Å². The minimum Gasteiger partial charge on any atom is -0.394 e. The van der Waals surface area contributed by atoms with E-state index in [-0.39, 0.29) is 6.73 Å². The third-order valence-electron chi connectivity index (χ3n) is 6.47. The van der Waals surface area contributed by atoms with Crippen LogP contribution in [-0.4, -0.2) is 177 Å². The fourth-order valence-electron chi connectivity index (χ4n) is 4.33. The van der Waals surface area contributed by atoms with Crippen LogP contribution in [0.15, 0.2) is 0 Å². The highest BCUT2D eigenvalue weighted by Gasteiger charge is 2.53. The third-order valence-corrected chi connectivity index (χ3v) is 6.47. The van der Waals surface area contributed by atoms with Crippen LogP contribution in [0.4, 0.5) is 0 Å². The van der Waals surface area contributed by atoms with Crippen molar-refractivity contribution in [2.45, 2.75) is 106 Å². The Morgan fingerprint density at radius 2 is 0.923 bits per heavy atom. The first-order valence-electron chi connectivity index (χ1n) is 12.7. The van der Waals surface area contributed by atoms with Gasteiger partial charge >= 0.3 is 0 Å². The highest BCUT2D eigenvalue weighted by Crippen LogP contribution is 2.32. The van der Waals surface area contributed by atoms with Gasteiger partial charge in [-0.3, -0.25) is 5.32 Å². The fourth-order valence-corrected chi connectivity index (χ4v) is 4.33. The summed E-state index contributed by atoms with van der Waals surface area (Å²) < 4.78 is 32.4. The van der Waals surface area contributed by atoms with E-state index in [4.69, 9.17) is 28.4 Å². The maximum atomic E-state index is 10.9. The molecule has 3 aliphatic rings. The van der Waals surface area contributed by atoms with Crippen molar-refractivity contribution in [3.05, 3.63) is 0 Å². The summed E-state index contributed by atoms with van der Waals surface area (Å²) in [5, 5.41) is 104. The second kappa shape index (κ2) is 16.1. The largest absolute Gasteiger partial charge is 0.394 e. The zero-order chi connectivity index (χ0) is 29.4. The Balaban J connectivity index is 0.00000260. The van der Waals surface area contributed by atoms with Gasteiger partial charge in [-0.2, -0.15) is 0 Å². The zero-order valence-electron chi connectivity index (χ0n) is 21.9. The minimum atomic E-state index is -1.89. The fraction of sp³-hybridized carbons (Fsp3) is 1.00. The van der Waals surface area contributed by atoms with Crippen LogP contribution in [-0.2, 0) is 28.4 Å². The quantitative estimate of drug-likeness (QED) is 0.108. The van der Waals surface area contributed by atoms with Crippen molar-refractivity contribution in [3.63, 3.8) is 0 Å². The molecule has 0 saturated carbocycles. The molecule has 3 fully saturated rings. The van der Waals surface area contributed by atoms with Crippen LogP contribution < -0.4 is 5.32 Å². The van der Waals surface area contributed by atoms with Gasteiger partial charge in [-0.15, -0.1) is 0 Å². The molecule has 0 radical (unpaired) electrons. The summed E-state index contributed by atoms with van der Waals surface area (Å²) in [6.45, 7) is 1.70. The normalized spacial score (nSPS) is 46.8. The van der Waals surface area contributed by atoms with Gasteiger partial charge in [-0.05, 0) is 7.05 Å².